The van der Waals surface area contributed by atoms with E-state index in [9.17, 15) is 0 Å². The van der Waals surface area contributed by atoms with Gasteiger partial charge in [0.25, 0.3) is 0 Å². The molecule has 0 radical (unpaired) electrons. The molecule has 3 heterocycles. The molecule has 1 aromatic heterocycles. The largest absolute Gasteiger partial charge is 0.449 e. The van der Waals surface area contributed by atoms with Crippen LogP contribution in [0, 0.1) is 12.8 Å². The Labute approximate surface area is 143 Å². The summed E-state index contributed by atoms with van der Waals surface area (Å²) in [6.07, 6.45) is 4.33. The Bertz CT molecular complexity index is 656. The van der Waals surface area contributed by atoms with E-state index in [1.54, 1.807) is 6.26 Å². The Kier molecular flexibility index (Phi) is 4.65. The van der Waals surface area contributed by atoms with Crippen LogP contribution >= 0.6 is 0 Å². The number of piperidine rings is 1. The number of aromatic nitrogens is 1. The van der Waals surface area contributed by atoms with E-state index in [0.29, 0.717) is 17.9 Å². The molecule has 4 rings (SSSR count). The highest BCUT2D eigenvalue weighted by atomic mass is 16.3. The maximum atomic E-state index is 5.35. The number of likely N-dealkylation sites (tertiary alicyclic amines) is 1. The lowest BCUT2D eigenvalue weighted by molar-refractivity contribution is 0.138. The summed E-state index contributed by atoms with van der Waals surface area (Å²) in [4.78, 5) is 6.97. The summed E-state index contributed by atoms with van der Waals surface area (Å²) < 4.78 is 5.35. The summed E-state index contributed by atoms with van der Waals surface area (Å²) >= 11 is 0. The monoisotopic (exact) mass is 326 g/mol. The van der Waals surface area contributed by atoms with Crippen LogP contribution in [0.4, 0.5) is 0 Å². The van der Waals surface area contributed by atoms with E-state index in [4.69, 9.17) is 4.42 Å². The minimum absolute atomic E-state index is 0.495. The van der Waals surface area contributed by atoms with E-state index < -0.39 is 0 Å². The lowest BCUT2D eigenvalue weighted by Crippen LogP contribution is -2.46. The van der Waals surface area contributed by atoms with Crippen molar-refractivity contribution < 1.29 is 4.42 Å². The number of hydrogen-bond acceptors (Lipinski definition) is 5. The van der Waals surface area contributed by atoms with Gasteiger partial charge in [0, 0.05) is 38.5 Å². The fourth-order valence-electron chi connectivity index (χ4n) is 4.22. The van der Waals surface area contributed by atoms with E-state index in [2.05, 4.69) is 51.1 Å². The van der Waals surface area contributed by atoms with Gasteiger partial charge in [0.05, 0.1) is 5.69 Å². The molecule has 2 aliphatic heterocycles. The summed E-state index contributed by atoms with van der Waals surface area (Å²) in [7, 11) is 0. The molecular weight excluding hydrogens is 300 g/mol. The molecule has 2 aliphatic rings. The first-order chi connectivity index (χ1) is 11.8. The number of benzene rings is 1. The first kappa shape index (κ1) is 15.8. The minimum atomic E-state index is 0.495. The zero-order valence-electron chi connectivity index (χ0n) is 14.2. The van der Waals surface area contributed by atoms with Crippen LogP contribution in [-0.4, -0.2) is 35.6 Å². The molecule has 24 heavy (non-hydrogen) atoms. The van der Waals surface area contributed by atoms with Gasteiger partial charge in [-0.15, -0.1) is 0 Å². The normalized spacial score (nSPS) is 28.3. The number of aryl methyl sites for hydroxylation is 1. The molecule has 0 aliphatic carbocycles. The average Bonchev–Trinajstić information content (AvgIpc) is 3.25. The van der Waals surface area contributed by atoms with Crippen molar-refractivity contribution in [2.75, 3.05) is 19.6 Å². The van der Waals surface area contributed by atoms with Gasteiger partial charge in [-0.25, -0.2) is 4.98 Å². The van der Waals surface area contributed by atoms with Crippen LogP contribution in [0.1, 0.15) is 35.9 Å². The van der Waals surface area contributed by atoms with E-state index in [1.807, 2.05) is 6.92 Å². The van der Waals surface area contributed by atoms with Crippen molar-refractivity contribution in [3.63, 3.8) is 0 Å². The van der Waals surface area contributed by atoms with Gasteiger partial charge in [-0.05, 0) is 30.9 Å². The molecule has 0 amide bonds. The molecule has 5 heteroatoms. The second-order valence-electron chi connectivity index (χ2n) is 7.06. The van der Waals surface area contributed by atoms with Crippen LogP contribution in [0.25, 0.3) is 0 Å². The van der Waals surface area contributed by atoms with Gasteiger partial charge < -0.3 is 4.42 Å². The topological polar surface area (TPSA) is 53.3 Å². The van der Waals surface area contributed by atoms with Crippen LogP contribution in [-0.2, 0) is 6.54 Å². The molecule has 0 saturated carbocycles. The van der Waals surface area contributed by atoms with E-state index >= 15 is 0 Å². The van der Waals surface area contributed by atoms with Crippen LogP contribution < -0.4 is 10.9 Å². The van der Waals surface area contributed by atoms with Crippen molar-refractivity contribution >= 4 is 0 Å². The standard InChI is InChI=1S/C19H26N4O/c1-14-21-17(13-24-14)12-23-9-5-8-16(11-23)19-18(10-20-22-19)15-6-3-2-4-7-15/h2-4,6-7,13,16,18-20,22H,5,8-12H2,1H3. The van der Waals surface area contributed by atoms with Crippen molar-refractivity contribution in [3.8, 4) is 0 Å². The predicted molar refractivity (Wildman–Crippen MR) is 93.4 cm³/mol. The number of oxazole rings is 1. The fourth-order valence-corrected chi connectivity index (χ4v) is 4.22. The van der Waals surface area contributed by atoms with Crippen molar-refractivity contribution in [1.29, 1.82) is 0 Å². The molecule has 2 N–H and O–H groups in total. The van der Waals surface area contributed by atoms with Crippen molar-refractivity contribution in [3.05, 3.63) is 53.7 Å². The SMILES string of the molecule is Cc1nc(CN2CCCC(C3NNCC3c3ccccc3)C2)co1. The third-order valence-electron chi connectivity index (χ3n) is 5.35. The zero-order chi connectivity index (χ0) is 16.4. The Morgan fingerprint density at radius 1 is 1.29 bits per heavy atom. The van der Waals surface area contributed by atoms with Crippen LogP contribution in [0.2, 0.25) is 0 Å². The second-order valence-corrected chi connectivity index (χ2v) is 7.06. The number of hydrogen-bond donors (Lipinski definition) is 2. The second kappa shape index (κ2) is 7.05. The molecule has 2 saturated heterocycles. The minimum Gasteiger partial charge on any atom is -0.449 e. The zero-order valence-corrected chi connectivity index (χ0v) is 14.2. The number of nitrogens with one attached hydrogen (secondary N) is 2. The lowest BCUT2D eigenvalue weighted by atomic mass is 9.81. The van der Waals surface area contributed by atoms with Gasteiger partial charge in [-0.2, -0.15) is 0 Å². The fraction of sp³-hybridized carbons (Fsp3) is 0.526. The molecule has 2 aromatic rings. The third-order valence-corrected chi connectivity index (χ3v) is 5.35. The number of nitrogens with zero attached hydrogens (tertiary/aromatic N) is 2. The highest BCUT2D eigenvalue weighted by Gasteiger charge is 2.36. The van der Waals surface area contributed by atoms with E-state index in [-0.39, 0.29) is 0 Å². The smallest absolute Gasteiger partial charge is 0.191 e. The average molecular weight is 326 g/mol. The molecule has 128 valence electrons. The van der Waals surface area contributed by atoms with Crippen LogP contribution in [0.3, 0.4) is 0 Å². The first-order valence-electron chi connectivity index (χ1n) is 8.96. The summed E-state index contributed by atoms with van der Waals surface area (Å²) in [5, 5.41) is 0. The highest BCUT2D eigenvalue weighted by Crippen LogP contribution is 2.31. The number of rotatable bonds is 4. The molecule has 3 unspecified atom stereocenters. The Balaban J connectivity index is 1.43. The first-order valence-corrected chi connectivity index (χ1v) is 8.96. The van der Waals surface area contributed by atoms with Crippen molar-refractivity contribution in [1.82, 2.24) is 20.7 Å². The molecular formula is C19H26N4O. The lowest BCUT2D eigenvalue weighted by Gasteiger charge is -2.37. The predicted octanol–water partition coefficient (Wildman–Crippen LogP) is 2.46. The van der Waals surface area contributed by atoms with Gasteiger partial charge in [0.1, 0.15) is 6.26 Å². The molecule has 2 fully saturated rings. The maximum Gasteiger partial charge on any atom is 0.191 e. The Morgan fingerprint density at radius 3 is 2.96 bits per heavy atom. The van der Waals surface area contributed by atoms with Gasteiger partial charge in [0.15, 0.2) is 5.89 Å². The summed E-state index contributed by atoms with van der Waals surface area (Å²) in [6.45, 7) is 6.08. The van der Waals surface area contributed by atoms with E-state index in [1.165, 1.54) is 18.4 Å². The molecule has 3 atom stereocenters. The molecule has 0 bridgehead atoms. The van der Waals surface area contributed by atoms with Crippen LogP contribution in [0.15, 0.2) is 41.0 Å². The summed E-state index contributed by atoms with van der Waals surface area (Å²) in [5.74, 6) is 1.96. The number of hydrazine groups is 1. The van der Waals surface area contributed by atoms with Gasteiger partial charge >= 0.3 is 0 Å². The van der Waals surface area contributed by atoms with Crippen molar-refractivity contribution in [2.24, 2.45) is 5.92 Å². The van der Waals surface area contributed by atoms with Gasteiger partial charge in [-0.1, -0.05) is 30.3 Å². The maximum absolute atomic E-state index is 5.35. The Morgan fingerprint density at radius 2 is 2.17 bits per heavy atom. The molecule has 0 spiro atoms. The van der Waals surface area contributed by atoms with Gasteiger partial charge in [-0.3, -0.25) is 15.8 Å². The molecule has 5 nitrogen and oxygen atoms in total. The molecule has 1 aromatic carbocycles. The van der Waals surface area contributed by atoms with E-state index in [0.717, 1.165) is 37.8 Å². The summed E-state index contributed by atoms with van der Waals surface area (Å²) in [5.41, 5.74) is 9.42. The van der Waals surface area contributed by atoms with Crippen molar-refractivity contribution in [2.45, 2.75) is 38.3 Å². The van der Waals surface area contributed by atoms with Crippen LogP contribution in [0.5, 0.6) is 0 Å². The summed E-state index contributed by atoms with van der Waals surface area (Å²) in [6, 6.07) is 11.4. The third kappa shape index (κ3) is 3.38. The quantitative estimate of drug-likeness (QED) is 0.904. The highest BCUT2D eigenvalue weighted by molar-refractivity contribution is 5.23. The van der Waals surface area contributed by atoms with Gasteiger partial charge in [0.2, 0.25) is 0 Å². The Hall–Kier alpha value is -1.69.